The highest BCUT2D eigenvalue weighted by atomic mass is 19.1. The predicted molar refractivity (Wildman–Crippen MR) is 188 cm³/mol. The Hall–Kier alpha value is -5.66. The smallest absolute Gasteiger partial charge is 0.270 e. The number of amides is 2. The van der Waals surface area contributed by atoms with E-state index in [4.69, 9.17) is 4.74 Å². The van der Waals surface area contributed by atoms with Crippen molar-refractivity contribution in [2.45, 2.75) is 39.2 Å². The minimum atomic E-state index is -0.491. The summed E-state index contributed by atoms with van der Waals surface area (Å²) in [5, 5.41) is 8.31. The first-order valence-corrected chi connectivity index (χ1v) is 17.1. The van der Waals surface area contributed by atoms with Gasteiger partial charge in [-0.25, -0.2) is 13.8 Å². The van der Waals surface area contributed by atoms with E-state index in [1.54, 1.807) is 45.3 Å². The number of methoxy groups -OCH3 is 1. The quantitative estimate of drug-likeness (QED) is 0.221. The fraction of sp³-hybridized carbons (Fsp3) is 0.351. The third-order valence-electron chi connectivity index (χ3n) is 9.61. The van der Waals surface area contributed by atoms with Gasteiger partial charge in [-0.15, -0.1) is 5.10 Å². The number of ether oxygens (including phenoxy) is 1. The normalized spacial score (nSPS) is 15.1. The van der Waals surface area contributed by atoms with Crippen LogP contribution in [0.5, 0.6) is 5.75 Å². The van der Waals surface area contributed by atoms with Gasteiger partial charge in [0.05, 0.1) is 31.6 Å². The molecule has 5 aromatic rings. The Labute approximate surface area is 293 Å². The molecule has 0 spiro atoms. The van der Waals surface area contributed by atoms with Crippen LogP contribution in [0.1, 0.15) is 54.2 Å². The van der Waals surface area contributed by atoms with Crippen LogP contribution in [-0.4, -0.2) is 97.9 Å². The number of aromatic amines is 1. The van der Waals surface area contributed by atoms with Crippen LogP contribution in [0.15, 0.2) is 61.3 Å². The molecule has 2 aliphatic rings. The fourth-order valence-electron chi connectivity index (χ4n) is 6.93. The molecule has 1 fully saturated rings. The molecule has 6 heterocycles. The summed E-state index contributed by atoms with van der Waals surface area (Å²) in [4.78, 5) is 44.4. The van der Waals surface area contributed by atoms with Crippen molar-refractivity contribution in [2.75, 3.05) is 51.3 Å². The lowest BCUT2D eigenvalue weighted by Gasteiger charge is -2.35. The minimum Gasteiger partial charge on any atom is -0.493 e. The molecule has 4 aromatic heterocycles. The van der Waals surface area contributed by atoms with Crippen LogP contribution in [0.3, 0.4) is 0 Å². The molecule has 0 atom stereocenters. The van der Waals surface area contributed by atoms with Crippen molar-refractivity contribution < 1.29 is 23.1 Å². The Kier molecular flexibility index (Phi) is 9.48. The first kappa shape index (κ1) is 33.8. The average Bonchev–Trinajstić information content (AvgIpc) is 3.85. The monoisotopic (exact) mass is 695 g/mol. The molecule has 1 N–H and O–H groups in total. The van der Waals surface area contributed by atoms with Gasteiger partial charge < -0.3 is 24.4 Å². The number of rotatable bonds is 9. The number of carbonyl (C=O) groups excluding carboxylic acids is 2. The zero-order chi connectivity index (χ0) is 35.6. The summed E-state index contributed by atoms with van der Waals surface area (Å²) < 4.78 is 37.4. The number of hydrogen-bond donors (Lipinski definition) is 1. The number of anilines is 1. The predicted octanol–water partition coefficient (Wildman–Crippen LogP) is 5.30. The second-order valence-electron chi connectivity index (χ2n) is 13.1. The fourth-order valence-corrected chi connectivity index (χ4v) is 6.93. The summed E-state index contributed by atoms with van der Waals surface area (Å²) in [5.74, 6) is -0.278. The number of aryl methyl sites for hydroxylation is 1. The van der Waals surface area contributed by atoms with Crippen molar-refractivity contribution in [1.82, 2.24) is 39.7 Å². The number of carbonyl (C=O) groups is 2. The van der Waals surface area contributed by atoms with E-state index in [9.17, 15) is 14.0 Å². The molecule has 0 bridgehead atoms. The number of fused-ring (bicyclic) bond motifs is 1. The van der Waals surface area contributed by atoms with Gasteiger partial charge in [0.2, 0.25) is 5.91 Å². The maximum Gasteiger partial charge on any atom is 0.270 e. The summed E-state index contributed by atoms with van der Waals surface area (Å²) in [6, 6.07) is 6.81. The number of hydrogen-bond acceptors (Lipinski definition) is 8. The maximum atomic E-state index is 16.7. The van der Waals surface area contributed by atoms with E-state index in [-0.39, 0.29) is 41.9 Å². The summed E-state index contributed by atoms with van der Waals surface area (Å²) in [6.07, 6.45) is 10.8. The second kappa shape index (κ2) is 14.3. The summed E-state index contributed by atoms with van der Waals surface area (Å²) >= 11 is 0. The first-order valence-electron chi connectivity index (χ1n) is 17.1. The van der Waals surface area contributed by atoms with Crippen molar-refractivity contribution in [3.05, 3.63) is 89.8 Å². The molecule has 2 aliphatic heterocycles. The third kappa shape index (κ3) is 6.77. The number of benzene rings is 1. The van der Waals surface area contributed by atoms with Crippen LogP contribution in [0.25, 0.3) is 27.6 Å². The lowest BCUT2D eigenvalue weighted by atomic mass is 9.89. The van der Waals surface area contributed by atoms with Gasteiger partial charge >= 0.3 is 0 Å². The van der Waals surface area contributed by atoms with E-state index in [1.807, 2.05) is 23.1 Å². The first-order chi connectivity index (χ1) is 24.7. The van der Waals surface area contributed by atoms with Crippen molar-refractivity contribution >= 4 is 34.1 Å². The number of halogens is 2. The van der Waals surface area contributed by atoms with E-state index in [2.05, 4.69) is 39.1 Å². The Morgan fingerprint density at radius 3 is 2.55 bits per heavy atom. The number of aromatic nitrogens is 6. The van der Waals surface area contributed by atoms with Gasteiger partial charge in [-0.3, -0.25) is 19.3 Å². The van der Waals surface area contributed by atoms with Crippen LogP contribution in [-0.2, 0) is 11.3 Å². The highest BCUT2D eigenvalue weighted by Crippen LogP contribution is 2.39. The molecule has 51 heavy (non-hydrogen) atoms. The molecule has 12 nitrogen and oxygen atoms in total. The Balaban J connectivity index is 1.20. The summed E-state index contributed by atoms with van der Waals surface area (Å²) in [7, 11) is 1.47. The van der Waals surface area contributed by atoms with Crippen molar-refractivity contribution in [1.29, 1.82) is 0 Å². The van der Waals surface area contributed by atoms with Crippen molar-refractivity contribution in [3.8, 4) is 16.9 Å². The Morgan fingerprint density at radius 1 is 0.980 bits per heavy atom. The van der Waals surface area contributed by atoms with E-state index in [0.717, 1.165) is 22.9 Å². The lowest BCUT2D eigenvalue weighted by Crippen LogP contribution is -2.49. The van der Waals surface area contributed by atoms with Crippen LogP contribution in [0.2, 0.25) is 0 Å². The molecule has 14 heteroatoms. The second-order valence-corrected chi connectivity index (χ2v) is 13.1. The number of piperazine rings is 1. The van der Waals surface area contributed by atoms with E-state index in [1.165, 1.54) is 13.2 Å². The van der Waals surface area contributed by atoms with Gasteiger partial charge in [-0.05, 0) is 47.2 Å². The summed E-state index contributed by atoms with van der Waals surface area (Å²) in [6.45, 7) is 7.06. The largest absolute Gasteiger partial charge is 0.493 e. The minimum absolute atomic E-state index is 0.0475. The molecule has 2 amide bonds. The van der Waals surface area contributed by atoms with Crippen LogP contribution in [0, 0.1) is 11.6 Å². The number of pyridine rings is 2. The SMILES string of the molecule is COc1cc(F)cnc1N1CCN(C(=O)c2cc3c(-c4cnccc4C(C)C)cc(C4=CCCN(C(=O)CCn5ccnn5)C4)c(F)c3[nH]2)CC1. The zero-order valence-corrected chi connectivity index (χ0v) is 28.8. The van der Waals surface area contributed by atoms with Gasteiger partial charge in [-0.2, -0.15) is 0 Å². The van der Waals surface area contributed by atoms with E-state index >= 15 is 4.39 Å². The molecule has 0 radical (unpaired) electrons. The van der Waals surface area contributed by atoms with Crippen molar-refractivity contribution in [2.24, 2.45) is 0 Å². The number of nitrogens with zero attached hydrogens (tertiary/aromatic N) is 8. The van der Waals surface area contributed by atoms with Gasteiger partial charge in [-0.1, -0.05) is 25.1 Å². The van der Waals surface area contributed by atoms with Gasteiger partial charge in [0, 0.05) is 86.9 Å². The van der Waals surface area contributed by atoms with E-state index in [0.29, 0.717) is 73.8 Å². The lowest BCUT2D eigenvalue weighted by molar-refractivity contribution is -0.131. The third-order valence-corrected chi connectivity index (χ3v) is 9.61. The van der Waals surface area contributed by atoms with Gasteiger partial charge in [0.15, 0.2) is 17.4 Å². The van der Waals surface area contributed by atoms with Crippen LogP contribution >= 0.6 is 0 Å². The standard InChI is InChI=1S/C37H39F2N9O3/c1-23(2)26-6-8-40-21-30(26)28-18-27(24-5-4-10-47(22-24)33(49)7-11-48-12-9-42-44-48)34(39)35-29(28)19-31(43-35)37(50)46-15-13-45(14-16-46)36-32(51-3)17-25(38)20-41-36/h5-6,8-9,12,17-21,23,43H,4,7,10-11,13-16,22H2,1-3H3. The van der Waals surface area contributed by atoms with Gasteiger partial charge in [0.25, 0.3) is 5.91 Å². The van der Waals surface area contributed by atoms with Crippen LogP contribution < -0.4 is 9.64 Å². The molecular weight excluding hydrogens is 656 g/mol. The molecule has 264 valence electrons. The number of H-pyrrole nitrogens is 1. The number of nitrogens with one attached hydrogen (secondary N) is 1. The molecule has 0 saturated carbocycles. The van der Waals surface area contributed by atoms with E-state index < -0.39 is 11.6 Å². The molecular formula is C37H39F2N9O3. The molecule has 7 rings (SSSR count). The zero-order valence-electron chi connectivity index (χ0n) is 28.8. The molecule has 0 unspecified atom stereocenters. The highest BCUT2D eigenvalue weighted by molar-refractivity contribution is 6.05. The highest BCUT2D eigenvalue weighted by Gasteiger charge is 2.29. The summed E-state index contributed by atoms with van der Waals surface area (Å²) in [5.41, 5.74) is 4.21. The Morgan fingerprint density at radius 2 is 1.80 bits per heavy atom. The van der Waals surface area contributed by atoms with Gasteiger partial charge in [0.1, 0.15) is 11.5 Å². The average molecular weight is 696 g/mol. The van der Waals surface area contributed by atoms with Crippen LogP contribution in [0.4, 0.5) is 14.6 Å². The topological polar surface area (TPSA) is 125 Å². The molecule has 0 aliphatic carbocycles. The Bertz CT molecular complexity index is 2100. The molecule has 1 saturated heterocycles. The maximum absolute atomic E-state index is 16.7. The molecule has 1 aromatic carbocycles. The van der Waals surface area contributed by atoms with Crippen molar-refractivity contribution in [3.63, 3.8) is 0 Å².